The molecule has 0 bridgehead atoms. The molecule has 1 heterocycles. The number of hydrogen-bond donors (Lipinski definition) is 2. The van der Waals surface area contributed by atoms with Crippen molar-refractivity contribution in [3.63, 3.8) is 0 Å². The minimum absolute atomic E-state index is 0.0473. The third-order valence-corrected chi connectivity index (χ3v) is 3.28. The van der Waals surface area contributed by atoms with E-state index in [2.05, 4.69) is 17.2 Å². The van der Waals surface area contributed by atoms with Crippen LogP contribution in [0.1, 0.15) is 31.9 Å². The highest BCUT2D eigenvalue weighted by molar-refractivity contribution is 5.76. The van der Waals surface area contributed by atoms with E-state index in [0.717, 1.165) is 29.6 Å². The molecule has 2 atom stereocenters. The molecule has 0 saturated heterocycles. The minimum atomic E-state index is -0.497. The second-order valence-corrected chi connectivity index (χ2v) is 4.79. The second-order valence-electron chi connectivity index (χ2n) is 4.79. The summed E-state index contributed by atoms with van der Waals surface area (Å²) in [6.45, 7) is 5.04. The summed E-state index contributed by atoms with van der Waals surface area (Å²) in [5.74, 6) is 0. The summed E-state index contributed by atoms with van der Waals surface area (Å²) in [6, 6.07) is 5.99. The fourth-order valence-corrected chi connectivity index (χ4v) is 2.11. The molecule has 18 heavy (non-hydrogen) atoms. The van der Waals surface area contributed by atoms with E-state index < -0.39 is 6.10 Å². The van der Waals surface area contributed by atoms with Gasteiger partial charge < -0.3 is 15.0 Å². The van der Waals surface area contributed by atoms with Crippen molar-refractivity contribution < 1.29 is 5.11 Å². The highest BCUT2D eigenvalue weighted by Crippen LogP contribution is 2.21. The summed E-state index contributed by atoms with van der Waals surface area (Å²) < 4.78 is 1.98. The zero-order chi connectivity index (χ0) is 13.1. The van der Waals surface area contributed by atoms with Gasteiger partial charge in [-0.15, -0.1) is 0 Å². The average molecular weight is 247 g/mol. The Morgan fingerprint density at radius 3 is 2.94 bits per heavy atom. The standard InChI is InChI=1S/C14H21N3O/c1-4-7-15-10(2)14(18)11-5-6-13-12(8-11)16-9-17(13)3/h5-6,8-10,14-15,18H,4,7H2,1-3H3. The molecule has 2 N–H and O–H groups in total. The summed E-state index contributed by atoms with van der Waals surface area (Å²) in [5.41, 5.74) is 2.93. The van der Waals surface area contributed by atoms with Gasteiger partial charge in [0.25, 0.3) is 0 Å². The Hall–Kier alpha value is -1.39. The van der Waals surface area contributed by atoms with Gasteiger partial charge in [-0.25, -0.2) is 4.98 Å². The topological polar surface area (TPSA) is 50.1 Å². The van der Waals surface area contributed by atoms with Crippen LogP contribution >= 0.6 is 0 Å². The van der Waals surface area contributed by atoms with Gasteiger partial charge in [0.1, 0.15) is 0 Å². The molecule has 4 heteroatoms. The van der Waals surface area contributed by atoms with E-state index in [1.165, 1.54) is 0 Å². The second kappa shape index (κ2) is 5.50. The first kappa shape index (κ1) is 13.1. The summed E-state index contributed by atoms with van der Waals surface area (Å²) in [6.07, 6.45) is 2.36. The van der Waals surface area contributed by atoms with Crippen LogP contribution in [0.2, 0.25) is 0 Å². The molecule has 0 spiro atoms. The van der Waals surface area contributed by atoms with Crippen LogP contribution in [-0.4, -0.2) is 27.2 Å². The zero-order valence-electron chi connectivity index (χ0n) is 11.2. The summed E-state index contributed by atoms with van der Waals surface area (Å²) in [5, 5.41) is 13.6. The molecule has 0 fully saturated rings. The van der Waals surface area contributed by atoms with Crippen molar-refractivity contribution in [3.05, 3.63) is 30.1 Å². The van der Waals surface area contributed by atoms with Gasteiger partial charge in [0, 0.05) is 13.1 Å². The van der Waals surface area contributed by atoms with E-state index >= 15 is 0 Å². The molecule has 0 amide bonds. The first-order valence-corrected chi connectivity index (χ1v) is 6.46. The average Bonchev–Trinajstić information content (AvgIpc) is 2.76. The van der Waals surface area contributed by atoms with Gasteiger partial charge >= 0.3 is 0 Å². The van der Waals surface area contributed by atoms with Crippen LogP contribution in [0.5, 0.6) is 0 Å². The van der Waals surface area contributed by atoms with Crippen LogP contribution in [0.15, 0.2) is 24.5 Å². The van der Waals surface area contributed by atoms with Crippen molar-refractivity contribution in [2.45, 2.75) is 32.4 Å². The minimum Gasteiger partial charge on any atom is -0.387 e. The van der Waals surface area contributed by atoms with Crippen molar-refractivity contribution in [3.8, 4) is 0 Å². The van der Waals surface area contributed by atoms with Crippen LogP contribution in [0.3, 0.4) is 0 Å². The van der Waals surface area contributed by atoms with E-state index in [1.807, 2.05) is 36.7 Å². The zero-order valence-corrected chi connectivity index (χ0v) is 11.2. The molecule has 1 aromatic carbocycles. The fourth-order valence-electron chi connectivity index (χ4n) is 2.11. The normalized spacial score (nSPS) is 14.9. The monoisotopic (exact) mass is 247 g/mol. The lowest BCUT2D eigenvalue weighted by Gasteiger charge is -2.20. The first-order chi connectivity index (χ1) is 8.63. The smallest absolute Gasteiger partial charge is 0.0955 e. The van der Waals surface area contributed by atoms with Gasteiger partial charge in [0.05, 0.1) is 23.5 Å². The van der Waals surface area contributed by atoms with Gasteiger partial charge in [0.15, 0.2) is 0 Å². The Morgan fingerprint density at radius 1 is 1.44 bits per heavy atom. The highest BCUT2D eigenvalue weighted by atomic mass is 16.3. The first-order valence-electron chi connectivity index (χ1n) is 6.46. The predicted molar refractivity (Wildman–Crippen MR) is 73.4 cm³/mol. The predicted octanol–water partition coefficient (Wildman–Crippen LogP) is 1.99. The van der Waals surface area contributed by atoms with E-state index in [4.69, 9.17) is 0 Å². The molecule has 2 aromatic rings. The van der Waals surface area contributed by atoms with Crippen LogP contribution in [0, 0.1) is 0 Å². The molecule has 4 nitrogen and oxygen atoms in total. The molecular weight excluding hydrogens is 226 g/mol. The van der Waals surface area contributed by atoms with E-state index in [9.17, 15) is 5.11 Å². The SMILES string of the molecule is CCCNC(C)C(O)c1ccc2c(c1)ncn2C. The number of rotatable bonds is 5. The lowest BCUT2D eigenvalue weighted by atomic mass is 10.0. The van der Waals surface area contributed by atoms with Crippen molar-refractivity contribution >= 4 is 11.0 Å². The molecule has 0 aliphatic heterocycles. The molecule has 0 radical (unpaired) electrons. The number of fused-ring (bicyclic) bond motifs is 1. The number of imidazole rings is 1. The Balaban J connectivity index is 2.19. The largest absolute Gasteiger partial charge is 0.387 e. The Labute approximate surface area is 108 Å². The lowest BCUT2D eigenvalue weighted by molar-refractivity contribution is 0.136. The van der Waals surface area contributed by atoms with Crippen molar-refractivity contribution in [2.24, 2.45) is 7.05 Å². The highest BCUT2D eigenvalue weighted by Gasteiger charge is 2.16. The quantitative estimate of drug-likeness (QED) is 0.849. The van der Waals surface area contributed by atoms with Crippen LogP contribution < -0.4 is 5.32 Å². The van der Waals surface area contributed by atoms with Crippen LogP contribution in [0.4, 0.5) is 0 Å². The van der Waals surface area contributed by atoms with E-state index in [0.29, 0.717) is 0 Å². The lowest BCUT2D eigenvalue weighted by Crippen LogP contribution is -2.32. The molecule has 2 unspecified atom stereocenters. The Bertz CT molecular complexity index is 521. The van der Waals surface area contributed by atoms with Gasteiger partial charge in [-0.3, -0.25) is 0 Å². The molecule has 0 aliphatic carbocycles. The molecule has 0 aliphatic rings. The van der Waals surface area contributed by atoms with Crippen LogP contribution in [-0.2, 0) is 7.05 Å². The number of hydrogen-bond acceptors (Lipinski definition) is 3. The molecule has 1 aromatic heterocycles. The number of aryl methyl sites for hydroxylation is 1. The van der Waals surface area contributed by atoms with Gasteiger partial charge in [-0.1, -0.05) is 13.0 Å². The summed E-state index contributed by atoms with van der Waals surface area (Å²) in [4.78, 5) is 4.31. The van der Waals surface area contributed by atoms with Crippen LogP contribution in [0.25, 0.3) is 11.0 Å². The Morgan fingerprint density at radius 2 is 2.22 bits per heavy atom. The molecule has 0 saturated carbocycles. The maximum atomic E-state index is 10.3. The van der Waals surface area contributed by atoms with Crippen molar-refractivity contribution in [1.82, 2.24) is 14.9 Å². The molecular formula is C14H21N3O. The number of nitrogens with one attached hydrogen (secondary N) is 1. The third-order valence-electron chi connectivity index (χ3n) is 3.28. The summed E-state index contributed by atoms with van der Waals surface area (Å²) >= 11 is 0. The van der Waals surface area contributed by atoms with Gasteiger partial charge in [-0.05, 0) is 37.6 Å². The van der Waals surface area contributed by atoms with Crippen molar-refractivity contribution in [2.75, 3.05) is 6.54 Å². The number of aliphatic hydroxyl groups is 1. The third kappa shape index (κ3) is 2.54. The fraction of sp³-hybridized carbons (Fsp3) is 0.500. The Kier molecular flexibility index (Phi) is 3.99. The number of nitrogens with zero attached hydrogens (tertiary/aromatic N) is 2. The van der Waals surface area contributed by atoms with E-state index in [1.54, 1.807) is 6.33 Å². The van der Waals surface area contributed by atoms with Gasteiger partial charge in [0.2, 0.25) is 0 Å². The number of aromatic nitrogens is 2. The molecule has 2 rings (SSSR count). The maximum Gasteiger partial charge on any atom is 0.0955 e. The number of aliphatic hydroxyl groups excluding tert-OH is 1. The number of benzene rings is 1. The van der Waals surface area contributed by atoms with Gasteiger partial charge in [-0.2, -0.15) is 0 Å². The molecule has 98 valence electrons. The maximum absolute atomic E-state index is 10.3. The summed E-state index contributed by atoms with van der Waals surface area (Å²) in [7, 11) is 1.97. The van der Waals surface area contributed by atoms with Crippen molar-refractivity contribution in [1.29, 1.82) is 0 Å². The van der Waals surface area contributed by atoms with E-state index in [-0.39, 0.29) is 6.04 Å².